The molecule has 0 fully saturated rings. The van der Waals surface area contributed by atoms with E-state index in [2.05, 4.69) is 6.58 Å². The molecule has 0 aromatic carbocycles. The monoisotopic (exact) mass is 199 g/mol. The van der Waals surface area contributed by atoms with Crippen LogP contribution in [0, 0.1) is 5.92 Å². The molecule has 4 nitrogen and oxygen atoms in total. The number of aliphatic carboxylic acids is 1. The van der Waals surface area contributed by atoms with Gasteiger partial charge in [-0.25, -0.2) is 0 Å². The fourth-order valence-corrected chi connectivity index (χ4v) is 1.16. The Labute approximate surface area is 83.8 Å². The van der Waals surface area contributed by atoms with Gasteiger partial charge < -0.3 is 10.8 Å². The number of carbonyl (C=O) groups excluding carboxylic acids is 1. The first kappa shape index (κ1) is 12.8. The van der Waals surface area contributed by atoms with Crippen LogP contribution >= 0.6 is 0 Å². The molecule has 0 aliphatic heterocycles. The van der Waals surface area contributed by atoms with E-state index in [-0.39, 0.29) is 5.78 Å². The Morgan fingerprint density at radius 1 is 1.43 bits per heavy atom. The number of hydrogen-bond acceptors (Lipinski definition) is 3. The Balaban J connectivity index is 4.23. The van der Waals surface area contributed by atoms with Crippen LogP contribution < -0.4 is 5.73 Å². The van der Waals surface area contributed by atoms with Crippen LogP contribution in [0.15, 0.2) is 12.2 Å². The van der Waals surface area contributed by atoms with Crippen molar-refractivity contribution in [1.82, 2.24) is 0 Å². The first-order valence-corrected chi connectivity index (χ1v) is 4.63. The van der Waals surface area contributed by atoms with Crippen LogP contribution in [0.5, 0.6) is 0 Å². The van der Waals surface area contributed by atoms with Gasteiger partial charge in [0, 0.05) is 0 Å². The van der Waals surface area contributed by atoms with Crippen LogP contribution in [-0.2, 0) is 9.59 Å². The molecule has 4 heteroatoms. The SMILES string of the molecule is C=C(C)C(=O)C(CCCCN)C(=O)O. The van der Waals surface area contributed by atoms with E-state index >= 15 is 0 Å². The van der Waals surface area contributed by atoms with Crippen molar-refractivity contribution < 1.29 is 14.7 Å². The number of allylic oxidation sites excluding steroid dienone is 1. The van der Waals surface area contributed by atoms with Gasteiger partial charge in [0.2, 0.25) is 0 Å². The second-order valence-electron chi connectivity index (χ2n) is 3.32. The minimum Gasteiger partial charge on any atom is -0.481 e. The Hall–Kier alpha value is -1.16. The number of ketones is 1. The third-order valence-electron chi connectivity index (χ3n) is 1.98. The lowest BCUT2D eigenvalue weighted by molar-refractivity contribution is -0.145. The second kappa shape index (κ2) is 6.32. The first-order valence-electron chi connectivity index (χ1n) is 4.63. The Morgan fingerprint density at radius 2 is 2.00 bits per heavy atom. The topological polar surface area (TPSA) is 80.4 Å². The summed E-state index contributed by atoms with van der Waals surface area (Å²) < 4.78 is 0. The van der Waals surface area contributed by atoms with Gasteiger partial charge in [-0.1, -0.05) is 13.0 Å². The summed E-state index contributed by atoms with van der Waals surface area (Å²) in [5.41, 5.74) is 5.57. The second-order valence-corrected chi connectivity index (χ2v) is 3.32. The number of hydrogen-bond donors (Lipinski definition) is 2. The molecule has 0 aromatic rings. The summed E-state index contributed by atoms with van der Waals surface area (Å²) in [5, 5.41) is 8.80. The number of unbranched alkanes of at least 4 members (excludes halogenated alkanes) is 1. The molecule has 0 aliphatic carbocycles. The molecule has 1 unspecified atom stereocenters. The standard InChI is InChI=1S/C10H17NO3/c1-7(2)9(12)8(10(13)14)5-3-4-6-11/h8H,1,3-6,11H2,2H3,(H,13,14). The van der Waals surface area contributed by atoms with Crippen molar-refractivity contribution in [2.24, 2.45) is 11.7 Å². The number of carboxylic acids is 1. The van der Waals surface area contributed by atoms with Gasteiger partial charge in [-0.05, 0) is 31.9 Å². The maximum atomic E-state index is 11.4. The van der Waals surface area contributed by atoms with E-state index in [1.807, 2.05) is 0 Å². The van der Waals surface area contributed by atoms with Crippen molar-refractivity contribution in [2.75, 3.05) is 6.54 Å². The van der Waals surface area contributed by atoms with Crippen LogP contribution in [0.3, 0.4) is 0 Å². The highest BCUT2D eigenvalue weighted by Gasteiger charge is 2.25. The van der Waals surface area contributed by atoms with Crippen molar-refractivity contribution in [3.8, 4) is 0 Å². The van der Waals surface area contributed by atoms with E-state index in [0.29, 0.717) is 25.0 Å². The van der Waals surface area contributed by atoms with E-state index in [1.165, 1.54) is 6.92 Å². The van der Waals surface area contributed by atoms with Crippen molar-refractivity contribution in [1.29, 1.82) is 0 Å². The van der Waals surface area contributed by atoms with Crippen LogP contribution in [0.4, 0.5) is 0 Å². The third-order valence-corrected chi connectivity index (χ3v) is 1.98. The summed E-state index contributed by atoms with van der Waals surface area (Å²) in [7, 11) is 0. The predicted octanol–water partition coefficient (Wildman–Crippen LogP) is 0.961. The number of carboxylic acid groups (broad SMARTS) is 1. The van der Waals surface area contributed by atoms with E-state index in [4.69, 9.17) is 10.8 Å². The highest BCUT2D eigenvalue weighted by Crippen LogP contribution is 2.13. The molecular weight excluding hydrogens is 182 g/mol. The Kier molecular flexibility index (Phi) is 5.79. The fraction of sp³-hybridized carbons (Fsp3) is 0.600. The van der Waals surface area contributed by atoms with Gasteiger partial charge in [-0.15, -0.1) is 0 Å². The van der Waals surface area contributed by atoms with E-state index in [1.54, 1.807) is 0 Å². The molecule has 0 radical (unpaired) electrons. The minimum atomic E-state index is -1.07. The Bertz CT molecular complexity index is 236. The van der Waals surface area contributed by atoms with E-state index in [0.717, 1.165) is 6.42 Å². The van der Waals surface area contributed by atoms with Crippen molar-refractivity contribution in [2.45, 2.75) is 26.2 Å². The highest BCUT2D eigenvalue weighted by atomic mass is 16.4. The van der Waals surface area contributed by atoms with Gasteiger partial charge in [-0.3, -0.25) is 9.59 Å². The zero-order valence-corrected chi connectivity index (χ0v) is 8.45. The van der Waals surface area contributed by atoms with E-state index in [9.17, 15) is 9.59 Å². The molecule has 1 atom stereocenters. The summed E-state index contributed by atoms with van der Waals surface area (Å²) in [6, 6.07) is 0. The van der Waals surface area contributed by atoms with Crippen LogP contribution in [0.25, 0.3) is 0 Å². The van der Waals surface area contributed by atoms with Crippen LogP contribution in [0.2, 0.25) is 0 Å². The molecule has 0 bridgehead atoms. The molecule has 0 saturated heterocycles. The molecule has 0 heterocycles. The van der Waals surface area contributed by atoms with Gasteiger partial charge in [0.25, 0.3) is 0 Å². The maximum absolute atomic E-state index is 11.4. The van der Waals surface area contributed by atoms with Gasteiger partial charge in [0.05, 0.1) is 0 Å². The summed E-state index contributed by atoms with van der Waals surface area (Å²) >= 11 is 0. The zero-order chi connectivity index (χ0) is 11.1. The smallest absolute Gasteiger partial charge is 0.314 e. The summed E-state index contributed by atoms with van der Waals surface area (Å²) in [6.07, 6.45) is 1.75. The van der Waals surface area contributed by atoms with Gasteiger partial charge in [0.1, 0.15) is 5.92 Å². The molecule has 0 spiro atoms. The fourth-order valence-electron chi connectivity index (χ4n) is 1.16. The zero-order valence-electron chi connectivity index (χ0n) is 8.45. The molecule has 80 valence electrons. The predicted molar refractivity (Wildman–Crippen MR) is 53.9 cm³/mol. The van der Waals surface area contributed by atoms with Gasteiger partial charge >= 0.3 is 5.97 Å². The number of rotatable bonds is 7. The Morgan fingerprint density at radius 3 is 2.36 bits per heavy atom. The average Bonchev–Trinajstić information content (AvgIpc) is 2.10. The minimum absolute atomic E-state index is 0.296. The molecule has 3 N–H and O–H groups in total. The van der Waals surface area contributed by atoms with Crippen molar-refractivity contribution in [3.05, 3.63) is 12.2 Å². The lowest BCUT2D eigenvalue weighted by Crippen LogP contribution is -2.24. The van der Waals surface area contributed by atoms with Gasteiger partial charge in [-0.2, -0.15) is 0 Å². The lowest BCUT2D eigenvalue weighted by atomic mass is 9.94. The largest absolute Gasteiger partial charge is 0.481 e. The quantitative estimate of drug-likeness (QED) is 0.363. The van der Waals surface area contributed by atoms with Crippen molar-refractivity contribution in [3.63, 3.8) is 0 Å². The molecule has 0 amide bonds. The molecule has 0 rings (SSSR count). The highest BCUT2D eigenvalue weighted by molar-refractivity contribution is 6.07. The number of carbonyl (C=O) groups is 2. The molecule has 14 heavy (non-hydrogen) atoms. The number of nitrogens with two attached hydrogens (primary N) is 1. The molecule has 0 aliphatic rings. The molecule has 0 aromatic heterocycles. The first-order chi connectivity index (χ1) is 6.50. The van der Waals surface area contributed by atoms with Gasteiger partial charge in [0.15, 0.2) is 5.78 Å². The molecular formula is C10H17NO3. The molecule has 0 saturated carbocycles. The summed E-state index contributed by atoms with van der Waals surface area (Å²) in [5.74, 6) is -2.40. The number of Topliss-reactive ketones (excluding diaryl/α,β-unsaturated/α-hetero) is 1. The summed E-state index contributed by atoms with van der Waals surface area (Å²) in [6.45, 7) is 5.50. The average molecular weight is 199 g/mol. The van der Waals surface area contributed by atoms with Crippen LogP contribution in [0.1, 0.15) is 26.2 Å². The van der Waals surface area contributed by atoms with Crippen molar-refractivity contribution >= 4 is 11.8 Å². The third kappa shape index (κ3) is 4.18. The van der Waals surface area contributed by atoms with E-state index < -0.39 is 11.9 Å². The normalized spacial score (nSPS) is 12.1. The maximum Gasteiger partial charge on any atom is 0.314 e. The summed E-state index contributed by atoms with van der Waals surface area (Å²) in [4.78, 5) is 22.1. The lowest BCUT2D eigenvalue weighted by Gasteiger charge is -2.10. The van der Waals surface area contributed by atoms with Crippen LogP contribution in [-0.4, -0.2) is 23.4 Å².